The summed E-state index contributed by atoms with van der Waals surface area (Å²) in [6.07, 6.45) is 87.7. The zero-order valence-corrected chi connectivity index (χ0v) is 46.1. The summed E-state index contributed by atoms with van der Waals surface area (Å²) in [7, 11) is 0. The number of unbranched alkanes of at least 4 members (excludes halogenated alkanes) is 36. The van der Waals surface area contributed by atoms with Gasteiger partial charge in [0.2, 0.25) is 5.91 Å². The predicted octanol–water partition coefficient (Wildman–Crippen LogP) is 20.3. The van der Waals surface area contributed by atoms with E-state index in [2.05, 4.69) is 92.1 Å². The first-order valence-electron chi connectivity index (χ1n) is 30.3. The van der Waals surface area contributed by atoms with Crippen LogP contribution in [-0.2, 0) is 4.79 Å². The van der Waals surface area contributed by atoms with Crippen molar-refractivity contribution >= 4 is 5.91 Å². The first-order chi connectivity index (χ1) is 34.2. The Morgan fingerprint density at radius 1 is 0.362 bits per heavy atom. The van der Waals surface area contributed by atoms with Crippen molar-refractivity contribution in [2.45, 2.75) is 315 Å². The lowest BCUT2D eigenvalue weighted by Gasteiger charge is -2.19. The minimum atomic E-state index is -0.875. The first kappa shape index (κ1) is 66.6. The summed E-state index contributed by atoms with van der Waals surface area (Å²) in [6, 6.07) is -0.651. The van der Waals surface area contributed by atoms with Crippen molar-refractivity contribution in [3.05, 3.63) is 85.1 Å². The SMILES string of the molecule is CC/C=C\C/C=C\C/C=C\C/C=C\CCCCCCCCCCCCCCCCCCC(=O)NC(CO)C(O)/C=C/CC/C=C/CC/C=C/CCCCCCCCCCCCCCCCCCCC. The Labute approximate surface area is 431 Å². The number of rotatable bonds is 55. The second-order valence-corrected chi connectivity index (χ2v) is 20.4. The molecule has 0 aromatic rings. The van der Waals surface area contributed by atoms with E-state index in [0.29, 0.717) is 6.42 Å². The molecule has 0 aromatic carbocycles. The number of aliphatic hydroxyl groups excluding tert-OH is 2. The van der Waals surface area contributed by atoms with E-state index in [1.807, 2.05) is 6.08 Å². The van der Waals surface area contributed by atoms with Crippen molar-refractivity contribution in [2.24, 2.45) is 0 Å². The second kappa shape index (κ2) is 59.9. The largest absolute Gasteiger partial charge is 0.394 e. The van der Waals surface area contributed by atoms with E-state index in [9.17, 15) is 15.0 Å². The van der Waals surface area contributed by atoms with Crippen LogP contribution in [0.15, 0.2) is 85.1 Å². The minimum Gasteiger partial charge on any atom is -0.394 e. The van der Waals surface area contributed by atoms with E-state index >= 15 is 0 Å². The van der Waals surface area contributed by atoms with Crippen molar-refractivity contribution in [1.82, 2.24) is 5.32 Å². The lowest BCUT2D eigenvalue weighted by atomic mass is 10.0. The zero-order valence-electron chi connectivity index (χ0n) is 46.1. The molecule has 0 aromatic heterocycles. The van der Waals surface area contributed by atoms with Crippen molar-refractivity contribution in [3.63, 3.8) is 0 Å². The third-order valence-electron chi connectivity index (χ3n) is 13.6. The van der Waals surface area contributed by atoms with Crippen LogP contribution in [0.25, 0.3) is 0 Å². The maximum atomic E-state index is 12.5. The molecule has 3 N–H and O–H groups in total. The molecule has 0 saturated carbocycles. The minimum absolute atomic E-state index is 0.0772. The average molecular weight is 961 g/mol. The molecular weight excluding hydrogens is 843 g/mol. The van der Waals surface area contributed by atoms with Crippen LogP contribution in [0.5, 0.6) is 0 Å². The van der Waals surface area contributed by atoms with Gasteiger partial charge < -0.3 is 15.5 Å². The fraction of sp³-hybridized carbons (Fsp3) is 0.769. The number of carbonyl (C=O) groups excluding carboxylic acids is 1. The Balaban J connectivity index is 3.54. The number of carbonyl (C=O) groups is 1. The maximum absolute atomic E-state index is 12.5. The first-order valence-corrected chi connectivity index (χ1v) is 30.3. The summed E-state index contributed by atoms with van der Waals surface area (Å²) >= 11 is 0. The number of aliphatic hydroxyl groups is 2. The molecule has 4 heteroatoms. The summed E-state index contributed by atoms with van der Waals surface area (Å²) in [5, 5.41) is 23.2. The van der Waals surface area contributed by atoms with Crippen molar-refractivity contribution < 1.29 is 15.0 Å². The van der Waals surface area contributed by atoms with E-state index in [1.54, 1.807) is 6.08 Å². The van der Waals surface area contributed by atoms with E-state index in [0.717, 1.165) is 64.2 Å². The molecule has 0 aliphatic rings. The highest BCUT2D eigenvalue weighted by atomic mass is 16.3. The Hall–Kier alpha value is -2.43. The van der Waals surface area contributed by atoms with Gasteiger partial charge in [-0.25, -0.2) is 0 Å². The molecule has 0 saturated heterocycles. The van der Waals surface area contributed by atoms with E-state index in [-0.39, 0.29) is 12.5 Å². The van der Waals surface area contributed by atoms with Crippen molar-refractivity contribution in [2.75, 3.05) is 6.61 Å². The van der Waals surface area contributed by atoms with Gasteiger partial charge in [-0.05, 0) is 83.5 Å². The summed E-state index contributed by atoms with van der Waals surface area (Å²) in [6.45, 7) is 4.20. The molecule has 4 nitrogen and oxygen atoms in total. The van der Waals surface area contributed by atoms with Gasteiger partial charge in [-0.15, -0.1) is 0 Å². The Bertz CT molecular complexity index is 1230. The molecule has 0 rings (SSSR count). The molecule has 0 bridgehead atoms. The van der Waals surface area contributed by atoms with Crippen LogP contribution in [0.1, 0.15) is 303 Å². The molecule has 2 unspecified atom stereocenters. The van der Waals surface area contributed by atoms with Crippen LogP contribution >= 0.6 is 0 Å². The highest BCUT2D eigenvalue weighted by Crippen LogP contribution is 2.17. The Morgan fingerprint density at radius 3 is 1.01 bits per heavy atom. The molecule has 0 heterocycles. The molecule has 1 amide bonds. The van der Waals surface area contributed by atoms with Gasteiger partial charge >= 0.3 is 0 Å². The van der Waals surface area contributed by atoms with Crippen LogP contribution < -0.4 is 5.32 Å². The van der Waals surface area contributed by atoms with Crippen LogP contribution in [0.3, 0.4) is 0 Å². The molecule has 400 valence electrons. The van der Waals surface area contributed by atoms with E-state index in [1.165, 1.54) is 218 Å². The molecule has 69 heavy (non-hydrogen) atoms. The van der Waals surface area contributed by atoms with Gasteiger partial charge in [0.15, 0.2) is 0 Å². The smallest absolute Gasteiger partial charge is 0.220 e. The number of hydrogen-bond donors (Lipinski definition) is 3. The van der Waals surface area contributed by atoms with Crippen molar-refractivity contribution in [1.29, 1.82) is 0 Å². The van der Waals surface area contributed by atoms with E-state index in [4.69, 9.17) is 0 Å². The molecule has 0 aliphatic carbocycles. The van der Waals surface area contributed by atoms with Gasteiger partial charge in [-0.2, -0.15) is 0 Å². The van der Waals surface area contributed by atoms with Gasteiger partial charge in [0, 0.05) is 6.42 Å². The quantitative estimate of drug-likeness (QED) is 0.0420. The molecule has 2 atom stereocenters. The monoisotopic (exact) mass is 960 g/mol. The molecule has 0 fully saturated rings. The third kappa shape index (κ3) is 56.4. The number of amides is 1. The number of allylic oxidation sites excluding steroid dienone is 13. The topological polar surface area (TPSA) is 69.6 Å². The lowest BCUT2D eigenvalue weighted by molar-refractivity contribution is -0.123. The fourth-order valence-electron chi connectivity index (χ4n) is 9.03. The standard InChI is InChI=1S/C65H117NO3/c1-3-5-7-9-11-13-15-17-19-21-23-25-27-29-31-33-35-37-39-41-43-45-47-49-51-53-55-57-59-61-65(69)66-63(62-67)64(68)60-58-56-54-52-50-48-46-44-42-40-38-36-34-32-30-28-26-24-22-20-18-16-14-12-10-8-6-4-2/h5,7,11,13,17,19,23,25,42,44,50,52,58,60,63-64,67-68H,3-4,6,8-10,12,14-16,18,20-22,24,26-41,43,45-49,51,53-57,59,61-62H2,1-2H3,(H,66,69)/b7-5-,13-11-,19-17-,25-23-,44-42+,52-50+,60-58+. The summed E-state index contributed by atoms with van der Waals surface area (Å²) in [5.41, 5.74) is 0. The van der Waals surface area contributed by atoms with Gasteiger partial charge in [0.1, 0.15) is 0 Å². The van der Waals surface area contributed by atoms with Gasteiger partial charge in [0.05, 0.1) is 18.8 Å². The number of nitrogens with one attached hydrogen (secondary N) is 1. The predicted molar refractivity (Wildman–Crippen MR) is 308 cm³/mol. The Morgan fingerprint density at radius 2 is 0.652 bits per heavy atom. The lowest BCUT2D eigenvalue weighted by Crippen LogP contribution is -2.45. The van der Waals surface area contributed by atoms with Crippen LogP contribution in [0.2, 0.25) is 0 Å². The van der Waals surface area contributed by atoms with Crippen LogP contribution in [-0.4, -0.2) is 34.9 Å². The molecule has 0 radical (unpaired) electrons. The fourth-order valence-corrected chi connectivity index (χ4v) is 9.03. The van der Waals surface area contributed by atoms with Crippen molar-refractivity contribution in [3.8, 4) is 0 Å². The molecule has 0 aliphatic heterocycles. The average Bonchev–Trinajstić information content (AvgIpc) is 3.35. The third-order valence-corrected chi connectivity index (χ3v) is 13.6. The van der Waals surface area contributed by atoms with Gasteiger partial charge in [-0.3, -0.25) is 4.79 Å². The highest BCUT2D eigenvalue weighted by molar-refractivity contribution is 5.76. The maximum Gasteiger partial charge on any atom is 0.220 e. The Kier molecular flexibility index (Phi) is 57.8. The highest BCUT2D eigenvalue weighted by Gasteiger charge is 2.18. The summed E-state index contributed by atoms with van der Waals surface area (Å²) in [4.78, 5) is 12.5. The summed E-state index contributed by atoms with van der Waals surface area (Å²) in [5.74, 6) is -0.0772. The molecule has 0 spiro atoms. The van der Waals surface area contributed by atoms with Gasteiger partial charge in [0.25, 0.3) is 0 Å². The van der Waals surface area contributed by atoms with Gasteiger partial charge in [-0.1, -0.05) is 298 Å². The molecular formula is C65H117NO3. The zero-order chi connectivity index (χ0) is 49.9. The second-order valence-electron chi connectivity index (χ2n) is 20.4. The van der Waals surface area contributed by atoms with E-state index < -0.39 is 12.1 Å². The summed E-state index contributed by atoms with van der Waals surface area (Å²) < 4.78 is 0. The van der Waals surface area contributed by atoms with Crippen LogP contribution in [0, 0.1) is 0 Å². The normalized spacial score (nSPS) is 13.4. The van der Waals surface area contributed by atoms with Crippen LogP contribution in [0.4, 0.5) is 0 Å². The number of hydrogen-bond acceptors (Lipinski definition) is 3.